The first kappa shape index (κ1) is 14.3. The highest BCUT2D eigenvalue weighted by Gasteiger charge is 2.35. The van der Waals surface area contributed by atoms with Gasteiger partial charge in [0.1, 0.15) is 5.82 Å². The van der Waals surface area contributed by atoms with Crippen molar-refractivity contribution in [3.8, 4) is 11.3 Å². The van der Waals surface area contributed by atoms with Crippen molar-refractivity contribution in [3.05, 3.63) is 41.9 Å². The van der Waals surface area contributed by atoms with Crippen molar-refractivity contribution in [1.29, 1.82) is 0 Å². The molecule has 0 amide bonds. The van der Waals surface area contributed by atoms with Gasteiger partial charge < -0.3 is 10.7 Å². The number of nitrogens with two attached hydrogens (primary N) is 1. The van der Waals surface area contributed by atoms with Crippen LogP contribution in [0.3, 0.4) is 0 Å². The molecule has 0 spiro atoms. The molecule has 2 aromatic rings. The van der Waals surface area contributed by atoms with Gasteiger partial charge in [-0.3, -0.25) is 0 Å². The molecule has 3 rings (SSSR count). The quantitative estimate of drug-likeness (QED) is 0.889. The highest BCUT2D eigenvalue weighted by Crippen LogP contribution is 2.37. The summed E-state index contributed by atoms with van der Waals surface area (Å²) >= 11 is 0. The van der Waals surface area contributed by atoms with Gasteiger partial charge in [-0.15, -0.1) is 0 Å². The first-order valence-corrected chi connectivity index (χ1v) is 8.00. The van der Waals surface area contributed by atoms with Crippen LogP contribution in [0.2, 0.25) is 0 Å². The first-order chi connectivity index (χ1) is 10.1. The van der Waals surface area contributed by atoms with E-state index in [1.54, 1.807) is 0 Å². The normalized spacial score (nSPS) is 19.4. The highest BCUT2D eigenvalue weighted by atomic mass is 15.0. The van der Waals surface area contributed by atoms with Crippen molar-refractivity contribution in [2.24, 2.45) is 11.7 Å². The molecule has 1 aliphatic carbocycles. The molecule has 1 aromatic carbocycles. The van der Waals surface area contributed by atoms with Crippen molar-refractivity contribution in [1.82, 2.24) is 9.97 Å². The number of nitrogens with one attached hydrogen (secondary N) is 1. The van der Waals surface area contributed by atoms with Crippen LogP contribution in [-0.4, -0.2) is 9.97 Å². The van der Waals surface area contributed by atoms with Gasteiger partial charge in [-0.2, -0.15) is 0 Å². The maximum atomic E-state index is 6.68. The van der Waals surface area contributed by atoms with Crippen molar-refractivity contribution >= 4 is 0 Å². The van der Waals surface area contributed by atoms with Crippen LogP contribution in [0.25, 0.3) is 11.3 Å². The minimum Gasteiger partial charge on any atom is -0.344 e. The van der Waals surface area contributed by atoms with Crippen LogP contribution < -0.4 is 5.73 Å². The van der Waals surface area contributed by atoms with Crippen molar-refractivity contribution in [3.63, 3.8) is 0 Å². The van der Waals surface area contributed by atoms with Gasteiger partial charge in [0.25, 0.3) is 0 Å². The average molecular weight is 283 g/mol. The Kier molecular flexibility index (Phi) is 3.85. The van der Waals surface area contributed by atoms with E-state index in [1.165, 1.54) is 32.1 Å². The van der Waals surface area contributed by atoms with Crippen LogP contribution in [0, 0.1) is 12.8 Å². The SMILES string of the molecule is Cc1[nH]c(C(C)(N)C2CCCCC2)nc1-c1ccccc1. The third-order valence-electron chi connectivity index (χ3n) is 4.90. The molecule has 3 N–H and O–H groups in total. The monoisotopic (exact) mass is 283 g/mol. The summed E-state index contributed by atoms with van der Waals surface area (Å²) in [5, 5.41) is 0. The van der Waals surface area contributed by atoms with E-state index >= 15 is 0 Å². The molecule has 112 valence electrons. The summed E-state index contributed by atoms with van der Waals surface area (Å²) < 4.78 is 0. The molecule has 0 saturated heterocycles. The summed E-state index contributed by atoms with van der Waals surface area (Å²) in [5.74, 6) is 1.46. The van der Waals surface area contributed by atoms with E-state index in [0.29, 0.717) is 5.92 Å². The Bertz CT molecular complexity index is 592. The van der Waals surface area contributed by atoms with E-state index in [-0.39, 0.29) is 5.54 Å². The minimum absolute atomic E-state index is 0.363. The van der Waals surface area contributed by atoms with Gasteiger partial charge in [0, 0.05) is 11.3 Å². The maximum Gasteiger partial charge on any atom is 0.127 e. The smallest absolute Gasteiger partial charge is 0.127 e. The Labute approximate surface area is 127 Å². The zero-order chi connectivity index (χ0) is 14.9. The Morgan fingerprint density at radius 1 is 1.14 bits per heavy atom. The maximum absolute atomic E-state index is 6.68. The van der Waals surface area contributed by atoms with E-state index in [0.717, 1.165) is 22.8 Å². The molecule has 0 radical (unpaired) electrons. The zero-order valence-electron chi connectivity index (χ0n) is 13.0. The van der Waals surface area contributed by atoms with Crippen molar-refractivity contribution in [2.75, 3.05) is 0 Å². The lowest BCUT2D eigenvalue weighted by molar-refractivity contribution is 0.215. The largest absolute Gasteiger partial charge is 0.344 e. The fourth-order valence-electron chi connectivity index (χ4n) is 3.49. The molecule has 1 aliphatic rings. The lowest BCUT2D eigenvalue weighted by Gasteiger charge is -2.35. The average Bonchev–Trinajstić information content (AvgIpc) is 2.92. The number of hydrogen-bond donors (Lipinski definition) is 2. The molecule has 21 heavy (non-hydrogen) atoms. The summed E-state index contributed by atoms with van der Waals surface area (Å²) in [4.78, 5) is 8.29. The fourth-order valence-corrected chi connectivity index (χ4v) is 3.49. The minimum atomic E-state index is -0.363. The standard InChI is InChI=1S/C18H25N3/c1-13-16(14-9-5-3-6-10-14)21-17(20-13)18(2,19)15-11-7-4-8-12-15/h3,5-6,9-10,15H,4,7-8,11-12,19H2,1-2H3,(H,20,21). The molecule has 1 heterocycles. The Morgan fingerprint density at radius 3 is 2.48 bits per heavy atom. The Balaban J connectivity index is 1.92. The molecule has 0 bridgehead atoms. The number of aryl methyl sites for hydroxylation is 1. The second kappa shape index (κ2) is 5.64. The number of H-pyrrole nitrogens is 1. The second-order valence-corrected chi connectivity index (χ2v) is 6.54. The molecule has 0 aliphatic heterocycles. The van der Waals surface area contributed by atoms with Gasteiger partial charge in [0.2, 0.25) is 0 Å². The summed E-state index contributed by atoms with van der Waals surface area (Å²) in [6.45, 7) is 4.21. The molecule has 1 unspecified atom stereocenters. The third kappa shape index (κ3) is 2.75. The fraction of sp³-hybridized carbons (Fsp3) is 0.500. The van der Waals surface area contributed by atoms with Crippen molar-refractivity contribution in [2.45, 2.75) is 51.5 Å². The van der Waals surface area contributed by atoms with Crippen LogP contribution in [-0.2, 0) is 5.54 Å². The van der Waals surface area contributed by atoms with Crippen LogP contribution in [0.4, 0.5) is 0 Å². The van der Waals surface area contributed by atoms with Gasteiger partial charge in [0.15, 0.2) is 0 Å². The number of benzene rings is 1. The van der Waals surface area contributed by atoms with Gasteiger partial charge in [0.05, 0.1) is 11.2 Å². The number of hydrogen-bond acceptors (Lipinski definition) is 2. The highest BCUT2D eigenvalue weighted by molar-refractivity contribution is 5.61. The molecule has 1 atom stereocenters. The molecule has 3 heteroatoms. The van der Waals surface area contributed by atoms with Gasteiger partial charge >= 0.3 is 0 Å². The Morgan fingerprint density at radius 2 is 1.81 bits per heavy atom. The van der Waals surface area contributed by atoms with Crippen LogP contribution >= 0.6 is 0 Å². The predicted molar refractivity (Wildman–Crippen MR) is 86.9 cm³/mol. The lowest BCUT2D eigenvalue weighted by atomic mass is 9.76. The molecular formula is C18H25N3. The van der Waals surface area contributed by atoms with E-state index in [1.807, 2.05) is 18.2 Å². The van der Waals surface area contributed by atoms with E-state index in [9.17, 15) is 0 Å². The van der Waals surface area contributed by atoms with Crippen LogP contribution in [0.1, 0.15) is 50.5 Å². The third-order valence-corrected chi connectivity index (χ3v) is 4.90. The number of aromatic nitrogens is 2. The number of rotatable bonds is 3. The first-order valence-electron chi connectivity index (χ1n) is 8.00. The van der Waals surface area contributed by atoms with Gasteiger partial charge in [-0.05, 0) is 32.6 Å². The molecule has 1 fully saturated rings. The van der Waals surface area contributed by atoms with Gasteiger partial charge in [-0.25, -0.2) is 4.98 Å². The second-order valence-electron chi connectivity index (χ2n) is 6.54. The number of nitrogens with zero attached hydrogens (tertiary/aromatic N) is 1. The van der Waals surface area contributed by atoms with E-state index < -0.39 is 0 Å². The van der Waals surface area contributed by atoms with Crippen molar-refractivity contribution < 1.29 is 0 Å². The Hall–Kier alpha value is -1.61. The summed E-state index contributed by atoms with van der Waals surface area (Å²) in [5.41, 5.74) is 9.59. The lowest BCUT2D eigenvalue weighted by Crippen LogP contribution is -2.43. The summed E-state index contributed by atoms with van der Waals surface area (Å²) in [7, 11) is 0. The molecular weight excluding hydrogens is 258 g/mol. The van der Waals surface area contributed by atoms with Crippen LogP contribution in [0.5, 0.6) is 0 Å². The van der Waals surface area contributed by atoms with Gasteiger partial charge in [-0.1, -0.05) is 49.6 Å². The number of aromatic amines is 1. The van der Waals surface area contributed by atoms with E-state index in [4.69, 9.17) is 10.7 Å². The van der Waals surface area contributed by atoms with Crippen LogP contribution in [0.15, 0.2) is 30.3 Å². The summed E-state index contributed by atoms with van der Waals surface area (Å²) in [6.07, 6.45) is 6.37. The number of imidazole rings is 1. The predicted octanol–water partition coefficient (Wildman–Crippen LogP) is 4.14. The topological polar surface area (TPSA) is 54.7 Å². The molecule has 1 aromatic heterocycles. The summed E-state index contributed by atoms with van der Waals surface area (Å²) in [6, 6.07) is 10.3. The van der Waals surface area contributed by atoms with E-state index in [2.05, 4.69) is 31.0 Å². The zero-order valence-corrected chi connectivity index (χ0v) is 13.0. The molecule has 3 nitrogen and oxygen atoms in total. The molecule has 1 saturated carbocycles.